The molecule has 1 aromatic rings. The third kappa shape index (κ3) is 1.61. The molecule has 0 radical (unpaired) electrons. The largest absolute Gasteiger partial charge is 0.496 e. The van der Waals surface area contributed by atoms with E-state index in [0.717, 1.165) is 12.3 Å². The lowest BCUT2D eigenvalue weighted by molar-refractivity contribution is 0.411. The minimum absolute atomic E-state index is 0.342. The van der Waals surface area contributed by atoms with E-state index >= 15 is 0 Å². The highest BCUT2D eigenvalue weighted by atomic mass is 16.5. The fraction of sp³-hybridized carbons (Fsp3) is 0.571. The number of methoxy groups -OCH3 is 1. The van der Waals surface area contributed by atoms with Crippen molar-refractivity contribution in [2.45, 2.75) is 26.7 Å². The maximum absolute atomic E-state index is 5.81. The molecule has 16 heavy (non-hydrogen) atoms. The molecule has 88 valence electrons. The fourth-order valence-corrected chi connectivity index (χ4v) is 2.88. The third-order valence-corrected chi connectivity index (χ3v) is 4.10. The molecule has 0 aromatic heterocycles. The highest BCUT2D eigenvalue weighted by Crippen LogP contribution is 2.64. The SMILES string of the molecule is COc1cc([C@@H]2[C@@H](CN)C2(C)C)ccc1C. The summed E-state index contributed by atoms with van der Waals surface area (Å²) in [6, 6.07) is 6.51. The Kier molecular flexibility index (Phi) is 2.70. The number of nitrogens with two attached hydrogens (primary N) is 1. The Morgan fingerprint density at radius 3 is 2.56 bits per heavy atom. The van der Waals surface area contributed by atoms with Gasteiger partial charge >= 0.3 is 0 Å². The number of aryl methyl sites for hydroxylation is 1. The van der Waals surface area contributed by atoms with Gasteiger partial charge in [0.1, 0.15) is 5.75 Å². The maximum atomic E-state index is 5.81. The van der Waals surface area contributed by atoms with Crippen LogP contribution in [0, 0.1) is 18.3 Å². The van der Waals surface area contributed by atoms with Crippen LogP contribution in [0.15, 0.2) is 18.2 Å². The van der Waals surface area contributed by atoms with Gasteiger partial charge in [-0.3, -0.25) is 0 Å². The van der Waals surface area contributed by atoms with Crippen molar-refractivity contribution in [3.05, 3.63) is 29.3 Å². The molecular weight excluding hydrogens is 198 g/mol. The summed E-state index contributed by atoms with van der Waals surface area (Å²) in [7, 11) is 1.73. The van der Waals surface area contributed by atoms with Crippen molar-refractivity contribution in [3.8, 4) is 5.75 Å². The molecule has 1 saturated carbocycles. The zero-order valence-corrected chi connectivity index (χ0v) is 10.6. The van der Waals surface area contributed by atoms with E-state index in [4.69, 9.17) is 10.5 Å². The van der Waals surface area contributed by atoms with Gasteiger partial charge in [-0.1, -0.05) is 26.0 Å². The predicted octanol–water partition coefficient (Wildman–Crippen LogP) is 2.70. The first-order chi connectivity index (χ1) is 7.52. The Morgan fingerprint density at radius 2 is 2.06 bits per heavy atom. The Morgan fingerprint density at radius 1 is 1.38 bits per heavy atom. The molecule has 1 aliphatic rings. The van der Waals surface area contributed by atoms with Crippen LogP contribution >= 0.6 is 0 Å². The lowest BCUT2D eigenvalue weighted by atomic mass is 10.0. The zero-order chi connectivity index (χ0) is 11.9. The molecule has 2 rings (SSSR count). The lowest BCUT2D eigenvalue weighted by Crippen LogP contribution is -2.05. The van der Waals surface area contributed by atoms with Gasteiger partial charge in [-0.05, 0) is 47.9 Å². The average Bonchev–Trinajstić information content (AvgIpc) is 2.81. The molecule has 0 aliphatic heterocycles. The second-order valence-corrected chi connectivity index (χ2v) is 5.37. The number of ether oxygens (including phenoxy) is 1. The minimum atomic E-state index is 0.342. The molecule has 2 heteroatoms. The molecule has 0 saturated heterocycles. The van der Waals surface area contributed by atoms with E-state index in [-0.39, 0.29) is 0 Å². The maximum Gasteiger partial charge on any atom is 0.122 e. The second-order valence-electron chi connectivity index (χ2n) is 5.37. The van der Waals surface area contributed by atoms with Crippen molar-refractivity contribution in [1.29, 1.82) is 0 Å². The van der Waals surface area contributed by atoms with Crippen LogP contribution in [0.25, 0.3) is 0 Å². The Labute approximate surface area is 97.8 Å². The summed E-state index contributed by atoms with van der Waals surface area (Å²) < 4.78 is 5.37. The summed E-state index contributed by atoms with van der Waals surface area (Å²) in [5.74, 6) is 2.18. The summed E-state index contributed by atoms with van der Waals surface area (Å²) >= 11 is 0. The first-order valence-corrected chi connectivity index (χ1v) is 5.87. The highest BCUT2D eigenvalue weighted by molar-refractivity contribution is 5.42. The van der Waals surface area contributed by atoms with Gasteiger partial charge in [0.15, 0.2) is 0 Å². The van der Waals surface area contributed by atoms with Crippen molar-refractivity contribution in [2.24, 2.45) is 17.1 Å². The van der Waals surface area contributed by atoms with Crippen LogP contribution in [0.5, 0.6) is 5.75 Å². The molecule has 0 bridgehead atoms. The van der Waals surface area contributed by atoms with E-state index in [1.165, 1.54) is 11.1 Å². The molecule has 1 fully saturated rings. The molecule has 0 heterocycles. The van der Waals surface area contributed by atoms with Crippen molar-refractivity contribution in [1.82, 2.24) is 0 Å². The van der Waals surface area contributed by atoms with Crippen LogP contribution in [0.2, 0.25) is 0 Å². The summed E-state index contributed by atoms with van der Waals surface area (Å²) in [6.45, 7) is 7.43. The number of hydrogen-bond donors (Lipinski definition) is 1. The van der Waals surface area contributed by atoms with E-state index in [1.807, 2.05) is 0 Å². The smallest absolute Gasteiger partial charge is 0.122 e. The zero-order valence-electron chi connectivity index (χ0n) is 10.6. The quantitative estimate of drug-likeness (QED) is 0.848. The molecule has 2 N–H and O–H groups in total. The van der Waals surface area contributed by atoms with E-state index in [1.54, 1.807) is 7.11 Å². The third-order valence-electron chi connectivity index (χ3n) is 4.10. The summed E-state index contributed by atoms with van der Waals surface area (Å²) in [4.78, 5) is 0. The lowest BCUT2D eigenvalue weighted by Gasteiger charge is -2.08. The molecule has 0 amide bonds. The van der Waals surface area contributed by atoms with Gasteiger partial charge in [-0.25, -0.2) is 0 Å². The first kappa shape index (κ1) is 11.5. The molecule has 2 atom stereocenters. The van der Waals surface area contributed by atoms with Crippen LogP contribution in [0.4, 0.5) is 0 Å². The molecular formula is C14H21NO. The van der Waals surface area contributed by atoms with Gasteiger partial charge in [0, 0.05) is 0 Å². The van der Waals surface area contributed by atoms with Crippen molar-refractivity contribution < 1.29 is 4.74 Å². The van der Waals surface area contributed by atoms with E-state index in [0.29, 0.717) is 17.3 Å². The normalized spacial score (nSPS) is 26.6. The van der Waals surface area contributed by atoms with Crippen molar-refractivity contribution in [3.63, 3.8) is 0 Å². The van der Waals surface area contributed by atoms with Crippen molar-refractivity contribution in [2.75, 3.05) is 13.7 Å². The van der Waals surface area contributed by atoms with Crippen LogP contribution in [-0.4, -0.2) is 13.7 Å². The second kappa shape index (κ2) is 3.77. The van der Waals surface area contributed by atoms with Crippen LogP contribution in [0.1, 0.15) is 30.9 Å². The molecule has 1 aromatic carbocycles. The standard InChI is InChI=1S/C14H21NO/c1-9-5-6-10(7-12(9)16-4)13-11(8-15)14(13,2)3/h5-7,11,13H,8,15H2,1-4H3/t11-,13-/m1/s1. The van der Waals surface area contributed by atoms with Crippen LogP contribution in [0.3, 0.4) is 0 Å². The average molecular weight is 219 g/mol. The number of hydrogen-bond acceptors (Lipinski definition) is 2. The Hall–Kier alpha value is -1.02. The number of rotatable bonds is 3. The van der Waals surface area contributed by atoms with Crippen molar-refractivity contribution >= 4 is 0 Å². The van der Waals surface area contributed by atoms with Gasteiger partial charge in [-0.15, -0.1) is 0 Å². The fourth-order valence-electron chi connectivity index (χ4n) is 2.88. The van der Waals surface area contributed by atoms with Gasteiger partial charge < -0.3 is 10.5 Å². The summed E-state index contributed by atoms with van der Waals surface area (Å²) in [6.07, 6.45) is 0. The monoisotopic (exact) mass is 219 g/mol. The molecule has 2 nitrogen and oxygen atoms in total. The van der Waals surface area contributed by atoms with Gasteiger partial charge in [0.2, 0.25) is 0 Å². The van der Waals surface area contributed by atoms with E-state index in [9.17, 15) is 0 Å². The van der Waals surface area contributed by atoms with Crippen LogP contribution < -0.4 is 10.5 Å². The van der Waals surface area contributed by atoms with E-state index < -0.39 is 0 Å². The van der Waals surface area contributed by atoms with Gasteiger partial charge in [0.05, 0.1) is 7.11 Å². The Bertz CT molecular complexity index is 398. The van der Waals surface area contributed by atoms with Gasteiger partial charge in [0.25, 0.3) is 0 Å². The van der Waals surface area contributed by atoms with E-state index in [2.05, 4.69) is 39.0 Å². The summed E-state index contributed by atoms with van der Waals surface area (Å²) in [5, 5.41) is 0. The summed E-state index contributed by atoms with van der Waals surface area (Å²) in [5.41, 5.74) is 8.70. The van der Waals surface area contributed by atoms with Gasteiger partial charge in [-0.2, -0.15) is 0 Å². The number of benzene rings is 1. The van der Waals surface area contributed by atoms with Crippen LogP contribution in [-0.2, 0) is 0 Å². The Balaban J connectivity index is 2.30. The first-order valence-electron chi connectivity index (χ1n) is 5.87. The topological polar surface area (TPSA) is 35.2 Å². The molecule has 1 aliphatic carbocycles. The predicted molar refractivity (Wildman–Crippen MR) is 66.8 cm³/mol. The molecule has 0 unspecified atom stereocenters. The minimum Gasteiger partial charge on any atom is -0.496 e. The molecule has 0 spiro atoms. The highest BCUT2D eigenvalue weighted by Gasteiger charge is 2.57.